The first-order valence-electron chi connectivity index (χ1n) is 8.70. The van der Waals surface area contributed by atoms with E-state index in [1.165, 1.54) is 77.3 Å². The molecule has 0 aromatic carbocycles. The number of aliphatic carboxylic acids is 1. The van der Waals surface area contributed by atoms with Crippen molar-refractivity contribution in [2.24, 2.45) is 0 Å². The molecule has 0 aromatic rings. The Balaban J connectivity index is 2.94. The summed E-state index contributed by atoms with van der Waals surface area (Å²) in [5.41, 5.74) is 0. The van der Waals surface area contributed by atoms with Crippen LogP contribution in [0.2, 0.25) is 0 Å². The fourth-order valence-corrected chi connectivity index (χ4v) is 2.39. The van der Waals surface area contributed by atoms with Gasteiger partial charge in [-0.3, -0.25) is 4.79 Å². The van der Waals surface area contributed by atoms with E-state index < -0.39 is 5.97 Å². The fourth-order valence-electron chi connectivity index (χ4n) is 2.39. The van der Waals surface area contributed by atoms with E-state index in [4.69, 9.17) is 5.11 Å². The van der Waals surface area contributed by atoms with Gasteiger partial charge in [-0.05, 0) is 32.4 Å². The van der Waals surface area contributed by atoms with Gasteiger partial charge in [0.05, 0.1) is 0 Å². The van der Waals surface area contributed by atoms with Crippen LogP contribution in [0.1, 0.15) is 90.4 Å². The van der Waals surface area contributed by atoms with Crippen LogP contribution >= 0.6 is 0 Å². The summed E-state index contributed by atoms with van der Waals surface area (Å²) in [5.74, 6) is -0.660. The van der Waals surface area contributed by atoms with Crippen molar-refractivity contribution in [2.45, 2.75) is 90.4 Å². The Bertz CT molecular complexity index is 207. The molecule has 3 nitrogen and oxygen atoms in total. The van der Waals surface area contributed by atoms with E-state index in [1.807, 2.05) is 0 Å². The first kappa shape index (κ1) is 19.4. The van der Waals surface area contributed by atoms with Crippen molar-refractivity contribution in [3.63, 3.8) is 0 Å². The van der Waals surface area contributed by atoms with E-state index in [-0.39, 0.29) is 0 Å². The smallest absolute Gasteiger partial charge is 0.303 e. The summed E-state index contributed by atoms with van der Waals surface area (Å²) in [6, 6.07) is 0. The van der Waals surface area contributed by atoms with Crippen LogP contribution in [0.3, 0.4) is 0 Å². The lowest BCUT2D eigenvalue weighted by Crippen LogP contribution is -2.16. The van der Waals surface area contributed by atoms with Gasteiger partial charge in [-0.15, -0.1) is 0 Å². The standard InChI is InChI=1S/C17H35NO2/c1-2-3-4-12-15-18-16-13-10-8-6-5-7-9-11-14-17(19)20/h18H,2-16H2,1H3,(H,19,20). The van der Waals surface area contributed by atoms with Crippen LogP contribution in [0.4, 0.5) is 0 Å². The third-order valence-corrected chi connectivity index (χ3v) is 3.70. The van der Waals surface area contributed by atoms with Crippen molar-refractivity contribution in [2.75, 3.05) is 13.1 Å². The number of carboxylic acid groups (broad SMARTS) is 1. The molecule has 0 atom stereocenters. The molecule has 0 fully saturated rings. The van der Waals surface area contributed by atoms with Crippen molar-refractivity contribution in [1.29, 1.82) is 0 Å². The van der Waals surface area contributed by atoms with E-state index >= 15 is 0 Å². The van der Waals surface area contributed by atoms with E-state index in [0.29, 0.717) is 6.42 Å². The molecule has 0 aliphatic carbocycles. The number of hydrogen-bond donors (Lipinski definition) is 2. The van der Waals surface area contributed by atoms with E-state index in [1.54, 1.807) is 0 Å². The Morgan fingerprint density at radius 2 is 1.20 bits per heavy atom. The summed E-state index contributed by atoms with van der Waals surface area (Å²) >= 11 is 0. The Hall–Kier alpha value is -0.570. The minimum Gasteiger partial charge on any atom is -0.481 e. The van der Waals surface area contributed by atoms with Crippen LogP contribution in [0.5, 0.6) is 0 Å². The van der Waals surface area contributed by atoms with Gasteiger partial charge in [0.25, 0.3) is 0 Å². The van der Waals surface area contributed by atoms with Gasteiger partial charge in [-0.2, -0.15) is 0 Å². The first-order valence-corrected chi connectivity index (χ1v) is 8.70. The highest BCUT2D eigenvalue weighted by molar-refractivity contribution is 5.66. The molecule has 0 spiro atoms. The van der Waals surface area contributed by atoms with Gasteiger partial charge in [0.15, 0.2) is 0 Å². The molecule has 0 aliphatic rings. The largest absolute Gasteiger partial charge is 0.481 e. The third-order valence-electron chi connectivity index (χ3n) is 3.70. The molecular formula is C17H35NO2. The molecule has 0 bridgehead atoms. The lowest BCUT2D eigenvalue weighted by atomic mass is 10.1. The van der Waals surface area contributed by atoms with Gasteiger partial charge in [0.1, 0.15) is 0 Å². The van der Waals surface area contributed by atoms with Gasteiger partial charge < -0.3 is 10.4 Å². The van der Waals surface area contributed by atoms with Crippen LogP contribution in [-0.4, -0.2) is 24.2 Å². The molecule has 20 heavy (non-hydrogen) atoms. The average Bonchev–Trinajstić information content (AvgIpc) is 2.43. The SMILES string of the molecule is CCCCCCNCCCCCCCCCCC(=O)O. The Labute approximate surface area is 125 Å². The fraction of sp³-hybridized carbons (Fsp3) is 0.941. The van der Waals surface area contributed by atoms with Gasteiger partial charge in [-0.25, -0.2) is 0 Å². The van der Waals surface area contributed by atoms with Gasteiger partial charge >= 0.3 is 5.97 Å². The Morgan fingerprint density at radius 3 is 1.70 bits per heavy atom. The summed E-state index contributed by atoms with van der Waals surface area (Å²) in [6.45, 7) is 4.61. The summed E-state index contributed by atoms with van der Waals surface area (Å²) in [5, 5.41) is 12.0. The molecule has 0 rings (SSSR count). The normalized spacial score (nSPS) is 10.8. The second kappa shape index (κ2) is 16.5. The maximum Gasteiger partial charge on any atom is 0.303 e. The van der Waals surface area contributed by atoms with Crippen LogP contribution < -0.4 is 5.32 Å². The lowest BCUT2D eigenvalue weighted by Gasteiger charge is -2.04. The number of carboxylic acids is 1. The predicted octanol–water partition coefficient (Wildman–Crippen LogP) is 4.75. The zero-order valence-corrected chi connectivity index (χ0v) is 13.5. The zero-order chi connectivity index (χ0) is 14.9. The molecule has 0 saturated heterocycles. The number of rotatable bonds is 16. The molecule has 3 heteroatoms. The van der Waals surface area contributed by atoms with E-state index in [0.717, 1.165) is 12.8 Å². The van der Waals surface area contributed by atoms with Crippen LogP contribution in [0, 0.1) is 0 Å². The molecule has 0 aromatic heterocycles. The zero-order valence-electron chi connectivity index (χ0n) is 13.5. The van der Waals surface area contributed by atoms with E-state index in [9.17, 15) is 4.79 Å². The van der Waals surface area contributed by atoms with Crippen LogP contribution in [0.15, 0.2) is 0 Å². The molecule has 0 amide bonds. The highest BCUT2D eigenvalue weighted by Gasteiger charge is 1.96. The summed E-state index contributed by atoms with van der Waals surface area (Å²) in [4.78, 5) is 10.3. The predicted molar refractivity (Wildman–Crippen MR) is 86.2 cm³/mol. The highest BCUT2D eigenvalue weighted by atomic mass is 16.4. The van der Waals surface area contributed by atoms with Gasteiger partial charge in [-0.1, -0.05) is 64.7 Å². The maximum atomic E-state index is 10.3. The molecule has 0 saturated carbocycles. The van der Waals surface area contributed by atoms with Crippen molar-refractivity contribution in [3.05, 3.63) is 0 Å². The minimum absolute atomic E-state index is 0.337. The topological polar surface area (TPSA) is 49.3 Å². The summed E-state index contributed by atoms with van der Waals surface area (Å²) in [7, 11) is 0. The quantitative estimate of drug-likeness (QED) is 0.402. The number of carbonyl (C=O) groups is 1. The van der Waals surface area contributed by atoms with Crippen LogP contribution in [0.25, 0.3) is 0 Å². The Kier molecular flexibility index (Phi) is 16.0. The molecule has 0 radical (unpaired) electrons. The van der Waals surface area contributed by atoms with Crippen molar-refractivity contribution in [1.82, 2.24) is 5.32 Å². The van der Waals surface area contributed by atoms with E-state index in [2.05, 4.69) is 12.2 Å². The van der Waals surface area contributed by atoms with Crippen molar-refractivity contribution < 1.29 is 9.90 Å². The van der Waals surface area contributed by atoms with Crippen LogP contribution in [-0.2, 0) is 4.79 Å². The van der Waals surface area contributed by atoms with Gasteiger partial charge in [0, 0.05) is 6.42 Å². The number of hydrogen-bond acceptors (Lipinski definition) is 2. The second-order valence-corrected chi connectivity index (χ2v) is 5.78. The first-order chi connectivity index (χ1) is 9.77. The molecule has 0 heterocycles. The summed E-state index contributed by atoms with van der Waals surface area (Å²) < 4.78 is 0. The lowest BCUT2D eigenvalue weighted by molar-refractivity contribution is -0.137. The van der Waals surface area contributed by atoms with Crippen molar-refractivity contribution >= 4 is 5.97 Å². The second-order valence-electron chi connectivity index (χ2n) is 5.78. The number of nitrogens with one attached hydrogen (secondary N) is 1. The Morgan fingerprint density at radius 1 is 0.750 bits per heavy atom. The molecule has 0 unspecified atom stereocenters. The maximum absolute atomic E-state index is 10.3. The average molecular weight is 285 g/mol. The summed E-state index contributed by atoms with van der Waals surface area (Å²) in [6.07, 6.45) is 15.4. The molecule has 2 N–H and O–H groups in total. The minimum atomic E-state index is -0.660. The van der Waals surface area contributed by atoms with Crippen molar-refractivity contribution in [3.8, 4) is 0 Å². The molecule has 120 valence electrons. The monoisotopic (exact) mass is 285 g/mol. The van der Waals surface area contributed by atoms with Gasteiger partial charge in [0.2, 0.25) is 0 Å². The third kappa shape index (κ3) is 17.4. The number of unbranched alkanes of at least 4 members (excludes halogenated alkanes) is 10. The highest BCUT2D eigenvalue weighted by Crippen LogP contribution is 2.09. The molecular weight excluding hydrogens is 250 g/mol. The molecule has 0 aliphatic heterocycles.